The van der Waals surface area contributed by atoms with E-state index >= 15 is 0 Å². The third-order valence-corrected chi connectivity index (χ3v) is 3.49. The number of hydrogen-bond acceptors (Lipinski definition) is 3. The Morgan fingerprint density at radius 1 is 1.20 bits per heavy atom. The Morgan fingerprint density at radius 2 is 1.90 bits per heavy atom. The van der Waals surface area contributed by atoms with Crippen molar-refractivity contribution in [3.05, 3.63) is 22.7 Å². The lowest BCUT2D eigenvalue weighted by Crippen LogP contribution is -2.18. The molecule has 1 aromatic rings. The van der Waals surface area contributed by atoms with Gasteiger partial charge in [0.2, 0.25) is 11.8 Å². The van der Waals surface area contributed by atoms with Gasteiger partial charge in [-0.3, -0.25) is 14.4 Å². The standard InChI is InChI=1S/C13H13BrN2O4/c1-6(17)15-10-3-2-7(14)4-11(10)16-12(18)8-5-9(8)13(19)20/h2-4,8-9H,5H2,1H3,(H,15,17)(H,16,18)(H,19,20)/t8-,9-/m1/s1. The van der Waals surface area contributed by atoms with Crippen molar-refractivity contribution in [1.82, 2.24) is 0 Å². The van der Waals surface area contributed by atoms with E-state index in [0.717, 1.165) is 4.47 Å². The van der Waals surface area contributed by atoms with Gasteiger partial charge in [0.25, 0.3) is 0 Å². The van der Waals surface area contributed by atoms with E-state index in [1.54, 1.807) is 18.2 Å². The first kappa shape index (κ1) is 14.5. The van der Waals surface area contributed by atoms with E-state index in [-0.39, 0.29) is 11.8 Å². The molecule has 0 spiro atoms. The van der Waals surface area contributed by atoms with Gasteiger partial charge in [-0.05, 0) is 24.6 Å². The highest BCUT2D eigenvalue weighted by molar-refractivity contribution is 9.10. The molecule has 3 N–H and O–H groups in total. The second-order valence-electron chi connectivity index (χ2n) is 4.65. The monoisotopic (exact) mass is 340 g/mol. The predicted molar refractivity (Wildman–Crippen MR) is 76.3 cm³/mol. The Balaban J connectivity index is 2.12. The Bertz CT molecular complexity index is 588. The molecule has 2 atom stereocenters. The van der Waals surface area contributed by atoms with Crippen molar-refractivity contribution < 1.29 is 19.5 Å². The van der Waals surface area contributed by atoms with Gasteiger partial charge in [0, 0.05) is 11.4 Å². The van der Waals surface area contributed by atoms with Crippen LogP contribution in [0.2, 0.25) is 0 Å². The van der Waals surface area contributed by atoms with Crippen molar-refractivity contribution in [2.24, 2.45) is 11.8 Å². The summed E-state index contributed by atoms with van der Waals surface area (Å²) in [6.07, 6.45) is 0.352. The largest absolute Gasteiger partial charge is 0.481 e. The fourth-order valence-electron chi connectivity index (χ4n) is 1.90. The van der Waals surface area contributed by atoms with Gasteiger partial charge in [0.05, 0.1) is 23.2 Å². The van der Waals surface area contributed by atoms with Gasteiger partial charge in [-0.2, -0.15) is 0 Å². The third kappa shape index (κ3) is 3.36. The molecule has 0 heterocycles. The summed E-state index contributed by atoms with van der Waals surface area (Å²) in [5.41, 5.74) is 0.914. The molecule has 0 unspecified atom stereocenters. The number of carboxylic acids is 1. The second kappa shape index (κ2) is 5.62. The molecule has 0 aromatic heterocycles. The average molecular weight is 341 g/mol. The highest BCUT2D eigenvalue weighted by atomic mass is 79.9. The van der Waals surface area contributed by atoms with Crippen LogP contribution in [0.4, 0.5) is 11.4 Å². The summed E-state index contributed by atoms with van der Waals surface area (Å²) in [6.45, 7) is 1.37. The molecule has 0 radical (unpaired) electrons. The van der Waals surface area contributed by atoms with Crippen LogP contribution < -0.4 is 10.6 Å². The summed E-state index contributed by atoms with van der Waals surface area (Å²) in [6, 6.07) is 5.04. The molecule has 0 aliphatic heterocycles. The second-order valence-corrected chi connectivity index (χ2v) is 5.56. The lowest BCUT2D eigenvalue weighted by Gasteiger charge is -2.11. The fraction of sp³-hybridized carbons (Fsp3) is 0.308. The molecule has 2 amide bonds. The Kier molecular flexibility index (Phi) is 4.08. The minimum atomic E-state index is -0.957. The first-order valence-electron chi connectivity index (χ1n) is 5.99. The van der Waals surface area contributed by atoms with Crippen molar-refractivity contribution in [3.63, 3.8) is 0 Å². The van der Waals surface area contributed by atoms with Crippen LogP contribution in [0.1, 0.15) is 13.3 Å². The van der Waals surface area contributed by atoms with Gasteiger partial charge in [0.1, 0.15) is 0 Å². The number of anilines is 2. The van der Waals surface area contributed by atoms with Crippen molar-refractivity contribution >= 4 is 45.1 Å². The fourth-order valence-corrected chi connectivity index (χ4v) is 2.26. The summed E-state index contributed by atoms with van der Waals surface area (Å²) in [4.78, 5) is 33.8. The highest BCUT2D eigenvalue weighted by Crippen LogP contribution is 2.40. The minimum absolute atomic E-state index is 0.252. The Hall–Kier alpha value is -1.89. The molecule has 6 nitrogen and oxygen atoms in total. The normalized spacial score (nSPS) is 20.1. The number of aliphatic carboxylic acids is 1. The number of benzene rings is 1. The Morgan fingerprint density at radius 3 is 2.45 bits per heavy atom. The lowest BCUT2D eigenvalue weighted by atomic mass is 10.2. The molecular weight excluding hydrogens is 328 g/mol. The number of carbonyl (C=O) groups excluding carboxylic acids is 2. The first-order valence-corrected chi connectivity index (χ1v) is 6.78. The molecule has 1 aliphatic rings. The van der Waals surface area contributed by atoms with E-state index in [4.69, 9.17) is 5.11 Å². The van der Waals surface area contributed by atoms with E-state index in [9.17, 15) is 14.4 Å². The van der Waals surface area contributed by atoms with Gasteiger partial charge in [-0.25, -0.2) is 0 Å². The van der Waals surface area contributed by atoms with Crippen LogP contribution in [0.3, 0.4) is 0 Å². The number of nitrogens with one attached hydrogen (secondary N) is 2. The van der Waals surface area contributed by atoms with Crippen LogP contribution in [-0.2, 0) is 14.4 Å². The maximum absolute atomic E-state index is 11.9. The maximum atomic E-state index is 11.9. The van der Waals surface area contributed by atoms with Gasteiger partial charge in [-0.15, -0.1) is 0 Å². The average Bonchev–Trinajstić information content (AvgIpc) is 3.12. The summed E-state index contributed by atoms with van der Waals surface area (Å²) in [5.74, 6) is -2.66. The molecule has 1 saturated carbocycles. The molecule has 1 aliphatic carbocycles. The molecule has 106 valence electrons. The van der Waals surface area contributed by atoms with E-state index in [2.05, 4.69) is 26.6 Å². The number of amides is 2. The summed E-state index contributed by atoms with van der Waals surface area (Å²) < 4.78 is 0.743. The molecule has 1 fully saturated rings. The van der Waals surface area contributed by atoms with Crippen LogP contribution in [0.25, 0.3) is 0 Å². The maximum Gasteiger partial charge on any atom is 0.307 e. The van der Waals surface area contributed by atoms with Crippen LogP contribution in [0, 0.1) is 11.8 Å². The van der Waals surface area contributed by atoms with Gasteiger partial charge < -0.3 is 15.7 Å². The van der Waals surface area contributed by atoms with E-state index in [0.29, 0.717) is 17.8 Å². The highest BCUT2D eigenvalue weighted by Gasteiger charge is 2.48. The Labute approximate surface area is 123 Å². The first-order chi connectivity index (χ1) is 9.38. The molecule has 7 heteroatoms. The van der Waals surface area contributed by atoms with Crippen LogP contribution in [0.15, 0.2) is 22.7 Å². The molecule has 20 heavy (non-hydrogen) atoms. The van der Waals surface area contributed by atoms with E-state index in [1.807, 2.05) is 0 Å². The summed E-state index contributed by atoms with van der Waals surface area (Å²) in [5, 5.41) is 14.1. The quantitative estimate of drug-likeness (QED) is 0.781. The number of carbonyl (C=O) groups is 3. The molecular formula is C13H13BrN2O4. The van der Waals surface area contributed by atoms with Gasteiger partial charge in [0.15, 0.2) is 0 Å². The molecule has 2 rings (SSSR count). The van der Waals surface area contributed by atoms with E-state index in [1.165, 1.54) is 6.92 Å². The van der Waals surface area contributed by atoms with Crippen LogP contribution in [-0.4, -0.2) is 22.9 Å². The van der Waals surface area contributed by atoms with Crippen molar-refractivity contribution in [2.75, 3.05) is 10.6 Å². The summed E-state index contributed by atoms with van der Waals surface area (Å²) in [7, 11) is 0. The van der Waals surface area contributed by atoms with Gasteiger partial charge in [-0.1, -0.05) is 15.9 Å². The molecule has 1 aromatic carbocycles. The topological polar surface area (TPSA) is 95.5 Å². The van der Waals surface area contributed by atoms with Crippen LogP contribution >= 0.6 is 15.9 Å². The van der Waals surface area contributed by atoms with Gasteiger partial charge >= 0.3 is 5.97 Å². The van der Waals surface area contributed by atoms with E-state index < -0.39 is 17.8 Å². The van der Waals surface area contributed by atoms with Crippen molar-refractivity contribution in [2.45, 2.75) is 13.3 Å². The number of rotatable bonds is 4. The zero-order valence-corrected chi connectivity index (χ0v) is 12.2. The molecule has 0 saturated heterocycles. The summed E-state index contributed by atoms with van der Waals surface area (Å²) >= 11 is 3.28. The lowest BCUT2D eigenvalue weighted by molar-refractivity contribution is -0.139. The van der Waals surface area contributed by atoms with Crippen molar-refractivity contribution in [1.29, 1.82) is 0 Å². The van der Waals surface area contributed by atoms with Crippen LogP contribution in [0.5, 0.6) is 0 Å². The number of hydrogen-bond donors (Lipinski definition) is 3. The predicted octanol–water partition coefficient (Wildman–Crippen LogP) is 2.07. The smallest absolute Gasteiger partial charge is 0.307 e. The molecule has 0 bridgehead atoms. The minimum Gasteiger partial charge on any atom is -0.481 e. The van der Waals surface area contributed by atoms with Crippen molar-refractivity contribution in [3.8, 4) is 0 Å². The SMILES string of the molecule is CC(=O)Nc1ccc(Br)cc1NC(=O)[C@@H]1C[C@H]1C(=O)O. The third-order valence-electron chi connectivity index (χ3n) is 2.99. The zero-order chi connectivity index (χ0) is 14.9. The number of carboxylic acid groups (broad SMARTS) is 1. The zero-order valence-electron chi connectivity index (χ0n) is 10.6. The number of halogens is 1.